The summed E-state index contributed by atoms with van der Waals surface area (Å²) in [7, 11) is 1.69. The van der Waals surface area contributed by atoms with Crippen LogP contribution in [0.5, 0.6) is 5.75 Å². The zero-order chi connectivity index (χ0) is 16.5. The number of nitrogens with zero attached hydrogens (tertiary/aromatic N) is 3. The van der Waals surface area contributed by atoms with E-state index in [2.05, 4.69) is 22.0 Å². The number of methoxy groups -OCH3 is 1. The van der Waals surface area contributed by atoms with Gasteiger partial charge in [-0.15, -0.1) is 11.3 Å². The predicted octanol–water partition coefficient (Wildman–Crippen LogP) is 2.64. The molecule has 2 atom stereocenters. The molecule has 2 saturated heterocycles. The largest absolute Gasteiger partial charge is 0.497 e. The van der Waals surface area contributed by atoms with Gasteiger partial charge in [-0.3, -0.25) is 9.69 Å². The Morgan fingerprint density at radius 3 is 2.75 bits per heavy atom. The lowest BCUT2D eigenvalue weighted by atomic mass is 10.1. The van der Waals surface area contributed by atoms with Gasteiger partial charge in [0.25, 0.3) is 5.91 Å². The highest BCUT2D eigenvalue weighted by molar-refractivity contribution is 7.07. The molecule has 2 aliphatic heterocycles. The molecule has 0 bridgehead atoms. The first kappa shape index (κ1) is 15.6. The molecule has 3 heterocycles. The molecule has 5 nitrogen and oxygen atoms in total. The number of likely N-dealkylation sites (tertiary alicyclic amines) is 2. The fourth-order valence-electron chi connectivity index (χ4n) is 3.95. The summed E-state index contributed by atoms with van der Waals surface area (Å²) in [6.07, 6.45) is 2.10. The molecule has 4 rings (SSSR count). The first-order valence-electron chi connectivity index (χ1n) is 8.32. The van der Waals surface area contributed by atoms with Gasteiger partial charge < -0.3 is 9.64 Å². The maximum atomic E-state index is 12.6. The van der Waals surface area contributed by atoms with Gasteiger partial charge in [0.15, 0.2) is 0 Å². The fourth-order valence-corrected chi connectivity index (χ4v) is 4.48. The number of aromatic nitrogens is 1. The minimum atomic E-state index is 0.0926. The molecule has 2 aliphatic rings. The zero-order valence-electron chi connectivity index (χ0n) is 13.7. The van der Waals surface area contributed by atoms with Crippen molar-refractivity contribution in [1.29, 1.82) is 0 Å². The van der Waals surface area contributed by atoms with Crippen LogP contribution in [0.1, 0.15) is 28.9 Å². The maximum Gasteiger partial charge on any atom is 0.273 e. The molecule has 1 amide bonds. The van der Waals surface area contributed by atoms with Crippen molar-refractivity contribution in [2.45, 2.75) is 31.5 Å². The van der Waals surface area contributed by atoms with E-state index >= 15 is 0 Å². The number of fused-ring (bicyclic) bond motifs is 1. The van der Waals surface area contributed by atoms with Crippen molar-refractivity contribution in [2.24, 2.45) is 0 Å². The maximum absolute atomic E-state index is 12.6. The third-order valence-corrected chi connectivity index (χ3v) is 5.73. The van der Waals surface area contributed by atoms with Crippen molar-refractivity contribution in [3.8, 4) is 5.75 Å². The van der Waals surface area contributed by atoms with Crippen LogP contribution in [0.4, 0.5) is 0 Å². The van der Waals surface area contributed by atoms with E-state index in [9.17, 15) is 4.79 Å². The molecular weight excluding hydrogens is 322 g/mol. The topological polar surface area (TPSA) is 45.7 Å². The Morgan fingerprint density at radius 2 is 2.04 bits per heavy atom. The molecule has 0 aliphatic carbocycles. The number of carbonyl (C=O) groups excluding carboxylic acids is 1. The second kappa shape index (κ2) is 6.53. The lowest BCUT2D eigenvalue weighted by Gasteiger charge is -2.25. The van der Waals surface area contributed by atoms with Crippen LogP contribution in [0.15, 0.2) is 35.2 Å². The first-order valence-corrected chi connectivity index (χ1v) is 9.26. The number of amides is 1. The molecule has 126 valence electrons. The van der Waals surface area contributed by atoms with E-state index < -0.39 is 0 Å². The molecule has 24 heavy (non-hydrogen) atoms. The second-order valence-corrected chi connectivity index (χ2v) is 7.12. The summed E-state index contributed by atoms with van der Waals surface area (Å²) in [5.74, 6) is 0.981. The van der Waals surface area contributed by atoms with Gasteiger partial charge in [-0.05, 0) is 30.5 Å². The van der Waals surface area contributed by atoms with Gasteiger partial charge in [0.2, 0.25) is 0 Å². The summed E-state index contributed by atoms with van der Waals surface area (Å²) in [5, 5.41) is 1.85. The SMILES string of the molecule is COc1ccc(CN2CC[C@@H]3[C@@H]2CCN3C(=O)c2cscn2)cc1. The van der Waals surface area contributed by atoms with E-state index in [1.54, 1.807) is 12.6 Å². The van der Waals surface area contributed by atoms with Crippen LogP contribution in [0.2, 0.25) is 0 Å². The van der Waals surface area contributed by atoms with Crippen LogP contribution in [0.25, 0.3) is 0 Å². The minimum absolute atomic E-state index is 0.0926. The Bertz CT molecular complexity index is 702. The van der Waals surface area contributed by atoms with Crippen LogP contribution < -0.4 is 4.74 Å². The minimum Gasteiger partial charge on any atom is -0.497 e. The quantitative estimate of drug-likeness (QED) is 0.856. The number of ether oxygens (including phenoxy) is 1. The van der Waals surface area contributed by atoms with Crippen molar-refractivity contribution in [2.75, 3.05) is 20.2 Å². The van der Waals surface area contributed by atoms with Gasteiger partial charge >= 0.3 is 0 Å². The van der Waals surface area contributed by atoms with E-state index in [0.717, 1.165) is 38.2 Å². The first-order chi connectivity index (χ1) is 11.8. The highest BCUT2D eigenvalue weighted by atomic mass is 32.1. The third-order valence-electron chi connectivity index (χ3n) is 5.15. The van der Waals surface area contributed by atoms with Gasteiger partial charge in [0.1, 0.15) is 11.4 Å². The molecule has 1 aromatic heterocycles. The van der Waals surface area contributed by atoms with E-state index in [1.807, 2.05) is 22.4 Å². The second-order valence-electron chi connectivity index (χ2n) is 6.40. The number of hydrogen-bond acceptors (Lipinski definition) is 5. The summed E-state index contributed by atoms with van der Waals surface area (Å²) < 4.78 is 5.22. The highest BCUT2D eigenvalue weighted by Gasteiger charge is 2.44. The highest BCUT2D eigenvalue weighted by Crippen LogP contribution is 2.33. The van der Waals surface area contributed by atoms with E-state index in [0.29, 0.717) is 17.8 Å². The third kappa shape index (κ3) is 2.80. The predicted molar refractivity (Wildman–Crippen MR) is 93.4 cm³/mol. The molecule has 0 radical (unpaired) electrons. The molecule has 0 saturated carbocycles. The smallest absolute Gasteiger partial charge is 0.273 e. The van der Waals surface area contributed by atoms with Crippen molar-refractivity contribution in [3.05, 3.63) is 46.4 Å². The summed E-state index contributed by atoms with van der Waals surface area (Å²) in [6.45, 7) is 2.82. The Kier molecular flexibility index (Phi) is 4.24. The van der Waals surface area contributed by atoms with E-state index in [4.69, 9.17) is 4.74 Å². The standard InChI is InChI=1S/C18H21N3O2S/c1-23-14-4-2-13(3-5-14)10-20-8-6-17-16(20)7-9-21(17)18(22)15-11-24-12-19-15/h2-5,11-12,16-17H,6-10H2,1H3/t16-,17+/m0/s1. The summed E-state index contributed by atoms with van der Waals surface area (Å²) in [6, 6.07) is 9.07. The summed E-state index contributed by atoms with van der Waals surface area (Å²) in [5.41, 5.74) is 3.61. The average Bonchev–Trinajstić information content (AvgIpc) is 3.34. The molecular formula is C18H21N3O2S. The van der Waals surface area contributed by atoms with Gasteiger partial charge in [-0.1, -0.05) is 12.1 Å². The van der Waals surface area contributed by atoms with Crippen molar-refractivity contribution >= 4 is 17.2 Å². The van der Waals surface area contributed by atoms with Gasteiger partial charge in [0, 0.05) is 37.1 Å². The molecule has 0 spiro atoms. The van der Waals surface area contributed by atoms with Crippen molar-refractivity contribution < 1.29 is 9.53 Å². The number of thiazole rings is 1. The lowest BCUT2D eigenvalue weighted by molar-refractivity contribution is 0.0727. The normalized spacial score (nSPS) is 23.5. The molecule has 1 aromatic carbocycles. The number of benzene rings is 1. The van der Waals surface area contributed by atoms with Crippen LogP contribution in [-0.4, -0.2) is 53.0 Å². The number of carbonyl (C=O) groups is 1. The Labute approximate surface area is 145 Å². The molecule has 6 heteroatoms. The Balaban J connectivity index is 1.43. The monoisotopic (exact) mass is 343 g/mol. The Morgan fingerprint density at radius 1 is 1.25 bits per heavy atom. The van der Waals surface area contributed by atoms with E-state index in [1.165, 1.54) is 16.9 Å². The van der Waals surface area contributed by atoms with Crippen LogP contribution in [0, 0.1) is 0 Å². The zero-order valence-corrected chi connectivity index (χ0v) is 14.5. The van der Waals surface area contributed by atoms with Crippen molar-refractivity contribution in [3.63, 3.8) is 0 Å². The summed E-state index contributed by atoms with van der Waals surface area (Å²) >= 11 is 1.48. The van der Waals surface area contributed by atoms with Crippen LogP contribution >= 0.6 is 11.3 Å². The van der Waals surface area contributed by atoms with Crippen LogP contribution in [0.3, 0.4) is 0 Å². The van der Waals surface area contributed by atoms with Gasteiger partial charge in [-0.25, -0.2) is 4.98 Å². The number of hydrogen-bond donors (Lipinski definition) is 0. The fraction of sp³-hybridized carbons (Fsp3) is 0.444. The number of rotatable bonds is 4. The van der Waals surface area contributed by atoms with Crippen LogP contribution in [-0.2, 0) is 6.54 Å². The van der Waals surface area contributed by atoms with Gasteiger partial charge in [0.05, 0.1) is 12.6 Å². The molecule has 2 fully saturated rings. The lowest BCUT2D eigenvalue weighted by Crippen LogP contribution is -2.39. The molecule has 2 aromatic rings. The van der Waals surface area contributed by atoms with Gasteiger partial charge in [-0.2, -0.15) is 0 Å². The molecule has 0 unspecified atom stereocenters. The van der Waals surface area contributed by atoms with E-state index in [-0.39, 0.29) is 5.91 Å². The molecule has 0 N–H and O–H groups in total. The van der Waals surface area contributed by atoms with Crippen molar-refractivity contribution in [1.82, 2.24) is 14.8 Å². The average molecular weight is 343 g/mol. The Hall–Kier alpha value is -1.92. The summed E-state index contributed by atoms with van der Waals surface area (Å²) in [4.78, 5) is 21.4.